The summed E-state index contributed by atoms with van der Waals surface area (Å²) in [5, 5.41) is 16.9. The fraction of sp³-hybridized carbons (Fsp3) is 0.300. The number of nitriles is 2. The van der Waals surface area contributed by atoms with E-state index in [1.807, 2.05) is 0 Å². The molecule has 18 heavy (non-hydrogen) atoms. The normalized spacial score (nSPS) is 11.1. The van der Waals surface area contributed by atoms with Gasteiger partial charge in [-0.25, -0.2) is 13.8 Å². The van der Waals surface area contributed by atoms with Gasteiger partial charge in [-0.1, -0.05) is 0 Å². The molecule has 8 heteroatoms. The average Bonchev–Trinajstić information content (AvgIpc) is 2.26. The van der Waals surface area contributed by atoms with E-state index in [2.05, 4.69) is 4.98 Å². The molecule has 0 fully saturated rings. The molecule has 3 nitrogen and oxygen atoms in total. The van der Waals surface area contributed by atoms with Gasteiger partial charge >= 0.3 is 6.18 Å². The van der Waals surface area contributed by atoms with Crippen molar-refractivity contribution in [1.29, 1.82) is 10.5 Å². The fourth-order valence-corrected chi connectivity index (χ4v) is 1.28. The first-order valence-electron chi connectivity index (χ1n) is 4.47. The third-order valence-electron chi connectivity index (χ3n) is 2.02. The first-order chi connectivity index (χ1) is 8.31. The van der Waals surface area contributed by atoms with Gasteiger partial charge in [0, 0.05) is 0 Å². The molecule has 0 saturated heterocycles. The maximum Gasteiger partial charge on any atom is 0.418 e. The monoisotopic (exact) mass is 261 g/mol. The highest BCUT2D eigenvalue weighted by Crippen LogP contribution is 2.35. The number of halogens is 5. The third kappa shape index (κ3) is 2.72. The number of alkyl halides is 5. The highest BCUT2D eigenvalue weighted by molar-refractivity contribution is 5.40. The summed E-state index contributed by atoms with van der Waals surface area (Å²) in [5.41, 5.74) is -4.04. The molecular weight excluding hydrogens is 257 g/mol. The molecule has 0 amide bonds. The van der Waals surface area contributed by atoms with Crippen molar-refractivity contribution in [3.63, 3.8) is 0 Å². The van der Waals surface area contributed by atoms with Crippen LogP contribution in [0.15, 0.2) is 6.07 Å². The van der Waals surface area contributed by atoms with Gasteiger partial charge in [0.05, 0.1) is 29.3 Å². The van der Waals surface area contributed by atoms with E-state index in [0.717, 1.165) is 0 Å². The van der Waals surface area contributed by atoms with Gasteiger partial charge in [-0.2, -0.15) is 23.7 Å². The Balaban J connectivity index is 3.55. The zero-order valence-electron chi connectivity index (χ0n) is 8.59. The van der Waals surface area contributed by atoms with Gasteiger partial charge in [0.2, 0.25) is 0 Å². The zero-order valence-corrected chi connectivity index (χ0v) is 8.59. The first kappa shape index (κ1) is 13.8. The number of hydrogen-bond acceptors (Lipinski definition) is 3. The largest absolute Gasteiger partial charge is 0.418 e. The number of hydrogen-bond donors (Lipinski definition) is 0. The Kier molecular flexibility index (Phi) is 3.82. The summed E-state index contributed by atoms with van der Waals surface area (Å²) in [6.07, 6.45) is -8.87. The Morgan fingerprint density at radius 3 is 2.28 bits per heavy atom. The van der Waals surface area contributed by atoms with Gasteiger partial charge in [-0.15, -0.1) is 0 Å². The van der Waals surface area contributed by atoms with Crippen molar-refractivity contribution < 1.29 is 22.0 Å². The summed E-state index contributed by atoms with van der Waals surface area (Å²) in [7, 11) is 0. The van der Waals surface area contributed by atoms with Gasteiger partial charge in [0.25, 0.3) is 6.43 Å². The molecule has 0 saturated carbocycles. The van der Waals surface area contributed by atoms with Gasteiger partial charge in [-0.3, -0.25) is 0 Å². The number of rotatable bonds is 2. The minimum atomic E-state index is -4.91. The van der Waals surface area contributed by atoms with E-state index in [1.54, 1.807) is 0 Å². The lowest BCUT2D eigenvalue weighted by atomic mass is 10.1. The van der Waals surface area contributed by atoms with Crippen LogP contribution < -0.4 is 0 Å². The van der Waals surface area contributed by atoms with Crippen molar-refractivity contribution in [2.45, 2.75) is 19.0 Å². The number of aromatic nitrogens is 1. The van der Waals surface area contributed by atoms with Crippen molar-refractivity contribution in [3.8, 4) is 12.1 Å². The first-order valence-corrected chi connectivity index (χ1v) is 4.47. The molecule has 1 rings (SSSR count). The Labute approximate surface area is 98.1 Å². The quantitative estimate of drug-likeness (QED) is 0.769. The van der Waals surface area contributed by atoms with E-state index in [-0.39, 0.29) is 6.07 Å². The Morgan fingerprint density at radius 2 is 1.89 bits per heavy atom. The van der Waals surface area contributed by atoms with E-state index in [1.165, 1.54) is 12.1 Å². The van der Waals surface area contributed by atoms with E-state index < -0.39 is 41.5 Å². The van der Waals surface area contributed by atoms with Crippen LogP contribution in [0.2, 0.25) is 0 Å². The molecule has 0 N–H and O–H groups in total. The molecule has 0 atom stereocenters. The molecule has 94 valence electrons. The summed E-state index contributed by atoms with van der Waals surface area (Å²) in [6.45, 7) is 0. The van der Waals surface area contributed by atoms with Crippen LogP contribution >= 0.6 is 0 Å². The molecule has 0 aliphatic heterocycles. The maximum absolute atomic E-state index is 12.6. The van der Waals surface area contributed by atoms with Crippen molar-refractivity contribution >= 4 is 0 Å². The lowest BCUT2D eigenvalue weighted by molar-refractivity contribution is -0.138. The summed E-state index contributed by atoms with van der Waals surface area (Å²) in [4.78, 5) is 3.18. The highest BCUT2D eigenvalue weighted by Gasteiger charge is 2.36. The van der Waals surface area contributed by atoms with Crippen LogP contribution in [0.3, 0.4) is 0 Å². The van der Waals surface area contributed by atoms with Crippen molar-refractivity contribution in [2.75, 3.05) is 0 Å². The summed E-state index contributed by atoms with van der Waals surface area (Å²) >= 11 is 0. The molecule has 0 spiro atoms. The topological polar surface area (TPSA) is 60.5 Å². The Bertz CT molecular complexity index is 536. The Morgan fingerprint density at radius 1 is 1.28 bits per heavy atom. The molecule has 1 heterocycles. The number of pyridine rings is 1. The van der Waals surface area contributed by atoms with E-state index in [4.69, 9.17) is 10.5 Å². The van der Waals surface area contributed by atoms with Gasteiger partial charge < -0.3 is 0 Å². The minimum absolute atomic E-state index is 0.170. The van der Waals surface area contributed by atoms with Gasteiger partial charge in [-0.05, 0) is 6.07 Å². The SMILES string of the molecule is N#CCc1nc(C#N)c(C(F)F)cc1C(F)(F)F. The van der Waals surface area contributed by atoms with E-state index in [0.29, 0.717) is 0 Å². The summed E-state index contributed by atoms with van der Waals surface area (Å²) in [5.74, 6) is 0. The third-order valence-corrected chi connectivity index (χ3v) is 2.02. The predicted octanol–water partition coefficient (Wildman–Crippen LogP) is 2.98. The predicted molar refractivity (Wildman–Crippen MR) is 48.2 cm³/mol. The van der Waals surface area contributed by atoms with Crippen molar-refractivity contribution in [3.05, 3.63) is 28.6 Å². The molecule has 0 unspecified atom stereocenters. The lowest BCUT2D eigenvalue weighted by Gasteiger charge is -2.13. The van der Waals surface area contributed by atoms with Crippen molar-refractivity contribution in [1.82, 2.24) is 4.98 Å². The molecule has 1 aromatic rings. The second kappa shape index (κ2) is 4.96. The van der Waals surface area contributed by atoms with Crippen LogP contribution in [0.25, 0.3) is 0 Å². The molecular formula is C10H4F5N3. The standard InChI is InChI=1S/C10H4F5N3/c11-9(12)5-3-6(10(13,14)15)7(1-2-16)18-8(5)4-17/h3,9H,1H2. The van der Waals surface area contributed by atoms with Crippen LogP contribution in [-0.2, 0) is 12.6 Å². The van der Waals surface area contributed by atoms with Crippen LogP contribution in [-0.4, -0.2) is 4.98 Å². The smallest absolute Gasteiger partial charge is 0.240 e. The van der Waals surface area contributed by atoms with Crippen LogP contribution in [0.4, 0.5) is 22.0 Å². The van der Waals surface area contributed by atoms with Crippen molar-refractivity contribution in [2.24, 2.45) is 0 Å². The fourth-order valence-electron chi connectivity index (χ4n) is 1.28. The Hall–Kier alpha value is -2.22. The molecule has 0 aliphatic rings. The van der Waals surface area contributed by atoms with Crippen LogP contribution in [0.5, 0.6) is 0 Å². The minimum Gasteiger partial charge on any atom is -0.240 e. The molecule has 0 bridgehead atoms. The zero-order chi connectivity index (χ0) is 13.9. The molecule has 0 aliphatic carbocycles. The average molecular weight is 261 g/mol. The second-order valence-corrected chi connectivity index (χ2v) is 3.17. The van der Waals surface area contributed by atoms with E-state index >= 15 is 0 Å². The van der Waals surface area contributed by atoms with Crippen LogP contribution in [0, 0.1) is 22.7 Å². The molecule has 1 aromatic heterocycles. The highest BCUT2D eigenvalue weighted by atomic mass is 19.4. The summed E-state index contributed by atoms with van der Waals surface area (Å²) in [6, 6.07) is 2.89. The summed E-state index contributed by atoms with van der Waals surface area (Å²) < 4.78 is 62.7. The van der Waals surface area contributed by atoms with Gasteiger partial charge in [0.1, 0.15) is 11.8 Å². The van der Waals surface area contributed by atoms with Gasteiger partial charge in [0.15, 0.2) is 0 Å². The second-order valence-electron chi connectivity index (χ2n) is 3.17. The number of nitrogens with zero attached hydrogens (tertiary/aromatic N) is 3. The maximum atomic E-state index is 12.6. The molecule has 0 aromatic carbocycles. The van der Waals surface area contributed by atoms with E-state index in [9.17, 15) is 22.0 Å². The van der Waals surface area contributed by atoms with Crippen LogP contribution in [0.1, 0.15) is 28.9 Å². The molecule has 0 radical (unpaired) electrons. The lowest BCUT2D eigenvalue weighted by Crippen LogP contribution is -2.13.